The number of amides is 2. The van der Waals surface area contributed by atoms with Gasteiger partial charge in [-0.25, -0.2) is 0 Å². The first-order valence-electron chi connectivity index (χ1n) is 8.52. The molecule has 1 aliphatic rings. The smallest absolute Gasteiger partial charge is 0.387 e. The predicted molar refractivity (Wildman–Crippen MR) is 93.3 cm³/mol. The molecule has 0 spiro atoms. The second kappa shape index (κ2) is 8.44. The molecule has 1 heterocycles. The van der Waals surface area contributed by atoms with Gasteiger partial charge in [0.1, 0.15) is 5.75 Å². The van der Waals surface area contributed by atoms with Gasteiger partial charge in [0, 0.05) is 31.7 Å². The number of carbonyl (C=O) groups excluding carboxylic acids is 2. The molecule has 1 saturated heterocycles. The Morgan fingerprint density at radius 3 is 2.35 bits per heavy atom. The molecule has 0 aromatic heterocycles. The summed E-state index contributed by atoms with van der Waals surface area (Å²) in [6.07, 6.45) is 0. The van der Waals surface area contributed by atoms with Gasteiger partial charge < -0.3 is 15.0 Å². The summed E-state index contributed by atoms with van der Waals surface area (Å²) >= 11 is 0. The second-order valence-electron chi connectivity index (χ2n) is 7.24. The van der Waals surface area contributed by atoms with E-state index in [0.29, 0.717) is 26.2 Å². The lowest BCUT2D eigenvalue weighted by Crippen LogP contribution is -2.52. The number of benzene rings is 1. The number of piperazine rings is 1. The van der Waals surface area contributed by atoms with E-state index in [2.05, 4.69) is 10.1 Å². The first-order valence-corrected chi connectivity index (χ1v) is 8.52. The molecule has 1 aliphatic heterocycles. The molecule has 0 atom stereocenters. The van der Waals surface area contributed by atoms with E-state index in [9.17, 15) is 18.4 Å². The largest absolute Gasteiger partial charge is 0.434 e. The zero-order valence-corrected chi connectivity index (χ0v) is 15.3. The van der Waals surface area contributed by atoms with Crippen molar-refractivity contribution in [2.24, 2.45) is 0 Å². The Morgan fingerprint density at radius 2 is 1.77 bits per heavy atom. The van der Waals surface area contributed by atoms with Crippen LogP contribution in [0.15, 0.2) is 24.3 Å². The third kappa shape index (κ3) is 5.94. The SMILES string of the molecule is CC(C)(C)NC(=O)CN1CCN(C(=O)c2ccccc2OC(F)F)CC1. The molecular formula is C18H25F2N3O3. The van der Waals surface area contributed by atoms with Crippen molar-refractivity contribution in [3.05, 3.63) is 29.8 Å². The Bertz CT molecular complexity index is 639. The van der Waals surface area contributed by atoms with Gasteiger partial charge >= 0.3 is 6.61 Å². The number of carbonyl (C=O) groups is 2. The summed E-state index contributed by atoms with van der Waals surface area (Å²) in [5, 5.41) is 2.90. The lowest BCUT2D eigenvalue weighted by molar-refractivity contribution is -0.124. The number of halogens is 2. The van der Waals surface area contributed by atoms with Gasteiger partial charge in [-0.2, -0.15) is 8.78 Å². The topological polar surface area (TPSA) is 61.9 Å². The van der Waals surface area contributed by atoms with Gasteiger partial charge in [0.15, 0.2) is 0 Å². The fourth-order valence-electron chi connectivity index (χ4n) is 2.78. The van der Waals surface area contributed by atoms with Crippen molar-refractivity contribution in [1.29, 1.82) is 0 Å². The highest BCUT2D eigenvalue weighted by Crippen LogP contribution is 2.22. The molecule has 8 heteroatoms. The van der Waals surface area contributed by atoms with Crippen LogP contribution in [0.3, 0.4) is 0 Å². The molecule has 2 amide bonds. The number of alkyl halides is 2. The highest BCUT2D eigenvalue weighted by atomic mass is 19.3. The van der Waals surface area contributed by atoms with Gasteiger partial charge in [0.05, 0.1) is 12.1 Å². The van der Waals surface area contributed by atoms with Crippen molar-refractivity contribution < 1.29 is 23.1 Å². The maximum Gasteiger partial charge on any atom is 0.387 e. The van der Waals surface area contributed by atoms with Crippen LogP contribution in [-0.4, -0.2) is 66.5 Å². The Morgan fingerprint density at radius 1 is 1.15 bits per heavy atom. The maximum absolute atomic E-state index is 12.6. The summed E-state index contributed by atoms with van der Waals surface area (Å²) in [5.74, 6) is -0.535. The average molecular weight is 369 g/mol. The van der Waals surface area contributed by atoms with Crippen LogP contribution in [0.4, 0.5) is 8.78 Å². The lowest BCUT2D eigenvalue weighted by Gasteiger charge is -2.35. The lowest BCUT2D eigenvalue weighted by atomic mass is 10.1. The van der Waals surface area contributed by atoms with Crippen LogP contribution in [-0.2, 0) is 4.79 Å². The van der Waals surface area contributed by atoms with Crippen molar-refractivity contribution in [3.8, 4) is 5.75 Å². The average Bonchev–Trinajstić information content (AvgIpc) is 2.53. The molecule has 1 fully saturated rings. The minimum Gasteiger partial charge on any atom is -0.434 e. The van der Waals surface area contributed by atoms with E-state index < -0.39 is 6.61 Å². The fraction of sp³-hybridized carbons (Fsp3) is 0.556. The van der Waals surface area contributed by atoms with E-state index in [1.807, 2.05) is 25.7 Å². The first kappa shape index (κ1) is 20.1. The van der Waals surface area contributed by atoms with E-state index in [4.69, 9.17) is 0 Å². The Kier molecular flexibility index (Phi) is 6.52. The summed E-state index contributed by atoms with van der Waals surface area (Å²) in [6.45, 7) is 4.96. The molecule has 0 unspecified atom stereocenters. The van der Waals surface area contributed by atoms with Crippen LogP contribution < -0.4 is 10.1 Å². The second-order valence-corrected chi connectivity index (χ2v) is 7.24. The highest BCUT2D eigenvalue weighted by Gasteiger charge is 2.26. The third-order valence-corrected chi connectivity index (χ3v) is 3.87. The molecule has 0 bridgehead atoms. The van der Waals surface area contributed by atoms with Gasteiger partial charge in [0.2, 0.25) is 5.91 Å². The van der Waals surface area contributed by atoms with E-state index in [1.165, 1.54) is 12.1 Å². The van der Waals surface area contributed by atoms with Crippen LogP contribution in [0.5, 0.6) is 5.75 Å². The number of rotatable bonds is 5. The monoisotopic (exact) mass is 369 g/mol. The normalized spacial score (nSPS) is 15.8. The Labute approximate surface area is 152 Å². The van der Waals surface area contributed by atoms with Crippen LogP contribution in [0.1, 0.15) is 31.1 Å². The fourth-order valence-corrected chi connectivity index (χ4v) is 2.78. The van der Waals surface area contributed by atoms with Gasteiger partial charge in [-0.1, -0.05) is 12.1 Å². The van der Waals surface area contributed by atoms with E-state index in [0.717, 1.165) is 0 Å². The number of nitrogens with zero attached hydrogens (tertiary/aromatic N) is 2. The van der Waals surface area contributed by atoms with Crippen molar-refractivity contribution in [1.82, 2.24) is 15.1 Å². The van der Waals surface area contributed by atoms with Crippen LogP contribution in [0.2, 0.25) is 0 Å². The summed E-state index contributed by atoms with van der Waals surface area (Å²) in [5.41, 5.74) is -0.171. The minimum absolute atomic E-state index is 0.0621. The summed E-state index contributed by atoms with van der Waals surface area (Å²) < 4.78 is 29.4. The molecular weight excluding hydrogens is 344 g/mol. The number of nitrogens with one attached hydrogen (secondary N) is 1. The number of hydrogen-bond acceptors (Lipinski definition) is 4. The number of para-hydroxylation sites is 1. The van der Waals surface area contributed by atoms with Crippen molar-refractivity contribution in [2.75, 3.05) is 32.7 Å². The van der Waals surface area contributed by atoms with E-state index in [1.54, 1.807) is 17.0 Å². The first-order chi connectivity index (χ1) is 12.2. The molecule has 0 radical (unpaired) electrons. The van der Waals surface area contributed by atoms with Crippen molar-refractivity contribution in [2.45, 2.75) is 32.9 Å². The highest BCUT2D eigenvalue weighted by molar-refractivity contribution is 5.97. The predicted octanol–water partition coefficient (Wildman–Crippen LogP) is 1.96. The van der Waals surface area contributed by atoms with Gasteiger partial charge in [-0.15, -0.1) is 0 Å². The zero-order chi connectivity index (χ0) is 19.3. The van der Waals surface area contributed by atoms with E-state index >= 15 is 0 Å². The maximum atomic E-state index is 12.6. The van der Waals surface area contributed by atoms with Crippen LogP contribution in [0, 0.1) is 0 Å². The molecule has 144 valence electrons. The summed E-state index contributed by atoms with van der Waals surface area (Å²) in [7, 11) is 0. The van der Waals surface area contributed by atoms with Gasteiger partial charge in [0.25, 0.3) is 5.91 Å². The quantitative estimate of drug-likeness (QED) is 0.862. The standard InChI is InChI=1S/C18H25F2N3O3/c1-18(2,3)21-15(24)12-22-8-10-23(11-9-22)16(25)13-6-4-5-7-14(13)26-17(19)20/h4-7,17H,8-12H2,1-3H3,(H,21,24). The summed E-state index contributed by atoms with van der Waals surface area (Å²) in [4.78, 5) is 28.2. The molecule has 6 nitrogen and oxygen atoms in total. The Balaban J connectivity index is 1.92. The zero-order valence-electron chi connectivity index (χ0n) is 15.3. The minimum atomic E-state index is -2.98. The summed E-state index contributed by atoms with van der Waals surface area (Å²) in [6, 6.07) is 5.98. The van der Waals surface area contributed by atoms with Crippen LogP contribution >= 0.6 is 0 Å². The van der Waals surface area contributed by atoms with E-state index in [-0.39, 0.29) is 35.2 Å². The molecule has 0 aliphatic carbocycles. The molecule has 0 saturated carbocycles. The van der Waals surface area contributed by atoms with Crippen LogP contribution in [0.25, 0.3) is 0 Å². The third-order valence-electron chi connectivity index (χ3n) is 3.87. The van der Waals surface area contributed by atoms with Gasteiger partial charge in [-0.3, -0.25) is 14.5 Å². The molecule has 1 aromatic rings. The van der Waals surface area contributed by atoms with Crippen molar-refractivity contribution >= 4 is 11.8 Å². The molecule has 1 aromatic carbocycles. The number of hydrogen-bond donors (Lipinski definition) is 1. The molecule has 2 rings (SSSR count). The molecule has 1 N–H and O–H groups in total. The van der Waals surface area contributed by atoms with Gasteiger partial charge in [-0.05, 0) is 32.9 Å². The number of ether oxygens (including phenoxy) is 1. The van der Waals surface area contributed by atoms with Crippen molar-refractivity contribution in [3.63, 3.8) is 0 Å². The molecule has 26 heavy (non-hydrogen) atoms. The Hall–Kier alpha value is -2.22.